The van der Waals surface area contributed by atoms with Crippen molar-refractivity contribution >= 4 is 22.3 Å². The van der Waals surface area contributed by atoms with Crippen LogP contribution in [0.25, 0.3) is 27.9 Å². The van der Waals surface area contributed by atoms with E-state index in [-0.39, 0.29) is 12.1 Å². The molecule has 1 aromatic carbocycles. The Balaban J connectivity index is 1.64. The molecule has 3 aromatic rings. The monoisotopic (exact) mass is 357 g/mol. The van der Waals surface area contributed by atoms with Crippen LogP contribution in [-0.2, 0) is 0 Å². The van der Waals surface area contributed by atoms with Gasteiger partial charge in [-0.05, 0) is 35.4 Å². The highest BCUT2D eigenvalue weighted by Gasteiger charge is 2.45. The molecule has 5 rings (SSSR count). The Kier molecular flexibility index (Phi) is 3.56. The van der Waals surface area contributed by atoms with Crippen LogP contribution in [0.3, 0.4) is 0 Å². The van der Waals surface area contributed by atoms with Crippen LogP contribution in [0.15, 0.2) is 61.0 Å². The van der Waals surface area contributed by atoms with Crippen LogP contribution >= 0.6 is 0 Å². The van der Waals surface area contributed by atoms with E-state index in [1.54, 1.807) is 12.4 Å². The third kappa shape index (κ3) is 2.70. The number of rotatable bonds is 3. The number of hydrogen-bond donors (Lipinski definition) is 1. The number of aromatic nitrogens is 3. The molecule has 3 unspecified atom stereocenters. The molecule has 0 spiro atoms. The van der Waals surface area contributed by atoms with Crippen molar-refractivity contribution in [2.24, 2.45) is 0 Å². The normalized spacial score (nSPS) is 23.1. The predicted molar refractivity (Wildman–Crippen MR) is 105 cm³/mol. The lowest BCUT2D eigenvalue weighted by atomic mass is 9.98. The third-order valence-corrected chi connectivity index (χ3v) is 5.05. The van der Waals surface area contributed by atoms with Crippen molar-refractivity contribution in [3.05, 3.63) is 66.5 Å². The van der Waals surface area contributed by atoms with Gasteiger partial charge in [-0.15, -0.1) is 0 Å². The van der Waals surface area contributed by atoms with Gasteiger partial charge in [-0.3, -0.25) is 4.98 Å². The van der Waals surface area contributed by atoms with E-state index in [2.05, 4.69) is 29.3 Å². The Morgan fingerprint density at radius 2 is 1.96 bits per heavy atom. The first-order chi connectivity index (χ1) is 13.1. The summed E-state index contributed by atoms with van der Waals surface area (Å²) >= 11 is 0. The number of anilines is 1. The Morgan fingerprint density at radius 3 is 2.70 bits per heavy atom. The van der Waals surface area contributed by atoms with Gasteiger partial charge in [-0.2, -0.15) is 5.06 Å². The predicted octanol–water partition coefficient (Wildman–Crippen LogP) is 3.15. The molecule has 0 amide bonds. The molecule has 1 aliphatic carbocycles. The quantitative estimate of drug-likeness (QED) is 0.727. The molecule has 2 aliphatic rings. The Hall–Kier alpha value is -3.09. The van der Waals surface area contributed by atoms with Gasteiger partial charge < -0.3 is 10.1 Å². The van der Waals surface area contributed by atoms with Gasteiger partial charge in [-0.1, -0.05) is 24.3 Å². The first-order valence-corrected chi connectivity index (χ1v) is 8.89. The van der Waals surface area contributed by atoms with Gasteiger partial charge >= 0.3 is 0 Å². The van der Waals surface area contributed by atoms with Crippen LogP contribution in [0.4, 0.5) is 5.82 Å². The second-order valence-electron chi connectivity index (χ2n) is 7.08. The number of nitrogens with zero attached hydrogens (tertiary/aromatic N) is 5. The molecule has 1 aliphatic heterocycles. The molecule has 1 saturated heterocycles. The molecular formula is C21H19N5O. The molecular weight excluding hydrogens is 338 g/mol. The summed E-state index contributed by atoms with van der Waals surface area (Å²) in [5.74, 6) is 1.54. The minimum Gasteiger partial charge on any atom is -0.362 e. The maximum Gasteiger partial charge on any atom is 0.163 e. The van der Waals surface area contributed by atoms with E-state index in [4.69, 9.17) is 9.97 Å². The number of benzene rings is 1. The molecule has 3 heterocycles. The second kappa shape index (κ2) is 5.97. The first-order valence-electron chi connectivity index (χ1n) is 8.89. The van der Waals surface area contributed by atoms with Crippen molar-refractivity contribution in [1.82, 2.24) is 20.0 Å². The maximum atomic E-state index is 9.72. The van der Waals surface area contributed by atoms with Crippen molar-refractivity contribution in [3.8, 4) is 11.4 Å². The zero-order chi connectivity index (χ0) is 18.5. The SMILES string of the molecule is CN(C)c1nc(-c2cccnc2)nc2ccc(C3=CC4C(C=C3)N4O)cc12. The van der Waals surface area contributed by atoms with Crippen molar-refractivity contribution in [2.45, 2.75) is 12.1 Å². The van der Waals surface area contributed by atoms with E-state index < -0.39 is 0 Å². The third-order valence-electron chi connectivity index (χ3n) is 5.05. The highest BCUT2D eigenvalue weighted by Crippen LogP contribution is 2.37. The van der Waals surface area contributed by atoms with Crippen LogP contribution in [0.1, 0.15) is 5.56 Å². The molecule has 1 N–H and O–H groups in total. The number of pyridine rings is 1. The summed E-state index contributed by atoms with van der Waals surface area (Å²) in [5.41, 5.74) is 3.99. The van der Waals surface area contributed by atoms with Gasteiger partial charge in [0.2, 0.25) is 0 Å². The van der Waals surface area contributed by atoms with Gasteiger partial charge in [0.1, 0.15) is 5.82 Å². The minimum atomic E-state index is 0.0956. The first kappa shape index (κ1) is 16.1. The van der Waals surface area contributed by atoms with E-state index in [9.17, 15) is 5.21 Å². The fourth-order valence-electron chi connectivity index (χ4n) is 3.52. The minimum absolute atomic E-state index is 0.0956. The molecule has 1 fully saturated rings. The van der Waals surface area contributed by atoms with E-state index in [0.717, 1.165) is 33.4 Å². The molecule has 0 bridgehead atoms. The van der Waals surface area contributed by atoms with Crippen LogP contribution in [0.5, 0.6) is 0 Å². The fraction of sp³-hybridized carbons (Fsp3) is 0.190. The van der Waals surface area contributed by atoms with Gasteiger partial charge in [0, 0.05) is 37.4 Å². The summed E-state index contributed by atoms with van der Waals surface area (Å²) < 4.78 is 0. The van der Waals surface area contributed by atoms with Crippen molar-refractivity contribution < 1.29 is 5.21 Å². The molecule has 6 nitrogen and oxygen atoms in total. The number of hydrogen-bond acceptors (Lipinski definition) is 6. The molecule has 6 heteroatoms. The second-order valence-corrected chi connectivity index (χ2v) is 7.08. The number of allylic oxidation sites excluding steroid dienone is 2. The zero-order valence-corrected chi connectivity index (χ0v) is 15.1. The van der Waals surface area contributed by atoms with Gasteiger partial charge in [0.25, 0.3) is 0 Å². The topological polar surface area (TPSA) is 65.2 Å². The van der Waals surface area contributed by atoms with E-state index in [1.165, 1.54) is 5.06 Å². The van der Waals surface area contributed by atoms with Crippen molar-refractivity contribution in [2.75, 3.05) is 19.0 Å². The standard InChI is InChI=1S/C21H19N5O/c1-25(2)21-16-10-13(14-6-8-18-19(11-14)26(18)27)5-7-17(16)23-20(24-21)15-4-3-9-22-12-15/h3-12,18-19,27H,1-2H3. The summed E-state index contributed by atoms with van der Waals surface area (Å²) in [4.78, 5) is 15.7. The molecule has 2 aromatic heterocycles. The summed E-state index contributed by atoms with van der Waals surface area (Å²) in [6, 6.07) is 10.3. The maximum absolute atomic E-state index is 9.72. The molecule has 134 valence electrons. The zero-order valence-electron chi connectivity index (χ0n) is 15.1. The van der Waals surface area contributed by atoms with E-state index in [0.29, 0.717) is 5.82 Å². The summed E-state index contributed by atoms with van der Waals surface area (Å²) in [5, 5.41) is 12.1. The highest BCUT2D eigenvalue weighted by molar-refractivity contribution is 5.94. The Bertz CT molecular complexity index is 1090. The largest absolute Gasteiger partial charge is 0.362 e. The van der Waals surface area contributed by atoms with Gasteiger partial charge in [0.15, 0.2) is 5.82 Å². The molecule has 3 atom stereocenters. The lowest BCUT2D eigenvalue weighted by molar-refractivity contribution is 0.0166. The number of fused-ring (bicyclic) bond motifs is 2. The smallest absolute Gasteiger partial charge is 0.163 e. The molecule has 27 heavy (non-hydrogen) atoms. The fourth-order valence-corrected chi connectivity index (χ4v) is 3.52. The Morgan fingerprint density at radius 1 is 1.07 bits per heavy atom. The van der Waals surface area contributed by atoms with Crippen LogP contribution in [-0.4, -0.2) is 51.4 Å². The summed E-state index contributed by atoms with van der Waals surface area (Å²) in [6.45, 7) is 0. The average Bonchev–Trinajstić information content (AvgIpc) is 3.36. The van der Waals surface area contributed by atoms with Crippen LogP contribution in [0, 0.1) is 0 Å². The van der Waals surface area contributed by atoms with Crippen LogP contribution < -0.4 is 4.90 Å². The summed E-state index contributed by atoms with van der Waals surface area (Å²) in [7, 11) is 3.97. The molecule has 0 radical (unpaired) electrons. The van der Waals surface area contributed by atoms with Crippen molar-refractivity contribution in [3.63, 3.8) is 0 Å². The molecule has 0 saturated carbocycles. The Labute approximate surface area is 157 Å². The van der Waals surface area contributed by atoms with E-state index >= 15 is 0 Å². The lowest BCUT2D eigenvalue weighted by Crippen LogP contribution is -2.12. The lowest BCUT2D eigenvalue weighted by Gasteiger charge is -2.16. The average molecular weight is 357 g/mol. The van der Waals surface area contributed by atoms with E-state index in [1.807, 2.05) is 43.3 Å². The van der Waals surface area contributed by atoms with Crippen LogP contribution in [0.2, 0.25) is 0 Å². The number of hydroxylamine groups is 2. The van der Waals surface area contributed by atoms with Crippen molar-refractivity contribution in [1.29, 1.82) is 0 Å². The van der Waals surface area contributed by atoms with Gasteiger partial charge in [0.05, 0.1) is 17.6 Å². The highest BCUT2D eigenvalue weighted by atomic mass is 16.5. The summed E-state index contributed by atoms with van der Waals surface area (Å²) in [6.07, 6.45) is 9.73. The van der Waals surface area contributed by atoms with Gasteiger partial charge in [-0.25, -0.2) is 9.97 Å².